The summed E-state index contributed by atoms with van der Waals surface area (Å²) >= 11 is 0. The molecule has 18 heavy (non-hydrogen) atoms. The molecule has 0 unspecified atom stereocenters. The first kappa shape index (κ1) is 12.0. The lowest BCUT2D eigenvalue weighted by Crippen LogP contribution is -2.14. The van der Waals surface area contributed by atoms with Gasteiger partial charge in [0, 0.05) is 13.1 Å². The van der Waals surface area contributed by atoms with E-state index in [2.05, 4.69) is 20.8 Å². The predicted octanol–water partition coefficient (Wildman–Crippen LogP) is 1.81. The maximum absolute atomic E-state index is 13.1. The van der Waals surface area contributed by atoms with Crippen molar-refractivity contribution in [1.82, 2.24) is 10.1 Å². The van der Waals surface area contributed by atoms with E-state index in [0.29, 0.717) is 5.69 Å². The van der Waals surface area contributed by atoms with Crippen molar-refractivity contribution in [3.63, 3.8) is 0 Å². The van der Waals surface area contributed by atoms with Crippen molar-refractivity contribution in [2.75, 3.05) is 17.7 Å². The fourth-order valence-corrected chi connectivity index (χ4v) is 1.41. The highest BCUT2D eigenvalue weighted by Gasteiger charge is 2.15. The summed E-state index contributed by atoms with van der Waals surface area (Å²) in [6.45, 7) is 1.72. The number of rotatable bonds is 3. The fourth-order valence-electron chi connectivity index (χ4n) is 1.41. The minimum absolute atomic E-state index is 0.0894. The van der Waals surface area contributed by atoms with Crippen LogP contribution in [0.3, 0.4) is 0 Å². The van der Waals surface area contributed by atoms with Crippen LogP contribution in [0.15, 0.2) is 22.9 Å². The normalized spacial score (nSPS) is 10.2. The van der Waals surface area contributed by atoms with Crippen LogP contribution < -0.4 is 10.6 Å². The van der Waals surface area contributed by atoms with Gasteiger partial charge >= 0.3 is 0 Å². The van der Waals surface area contributed by atoms with E-state index in [0.717, 1.165) is 12.3 Å². The van der Waals surface area contributed by atoms with Gasteiger partial charge in [-0.1, -0.05) is 5.16 Å². The van der Waals surface area contributed by atoms with E-state index in [1.165, 1.54) is 0 Å². The van der Waals surface area contributed by atoms with Gasteiger partial charge in [-0.3, -0.25) is 10.1 Å². The number of aromatic nitrogens is 2. The molecule has 0 fully saturated rings. The van der Waals surface area contributed by atoms with Gasteiger partial charge in [0.15, 0.2) is 0 Å². The first-order valence-electron chi connectivity index (χ1n) is 5.18. The zero-order valence-electron chi connectivity index (χ0n) is 9.82. The molecule has 0 aliphatic carbocycles. The quantitative estimate of drug-likeness (QED) is 0.868. The molecule has 1 amide bonds. The molecule has 2 rings (SSSR count). The molecule has 0 aromatic carbocycles. The molecule has 2 heterocycles. The smallest absolute Gasteiger partial charge is 0.261 e. The van der Waals surface area contributed by atoms with Crippen LogP contribution in [0.25, 0.3) is 0 Å². The lowest BCUT2D eigenvalue weighted by molar-refractivity contribution is 0.102. The number of hydrogen-bond acceptors (Lipinski definition) is 5. The Bertz CT molecular complexity index is 582. The highest BCUT2D eigenvalue weighted by Crippen LogP contribution is 2.16. The number of halogens is 1. The van der Waals surface area contributed by atoms with E-state index in [4.69, 9.17) is 4.52 Å². The van der Waals surface area contributed by atoms with Gasteiger partial charge in [-0.15, -0.1) is 0 Å². The summed E-state index contributed by atoms with van der Waals surface area (Å²) in [7, 11) is 1.59. The lowest BCUT2D eigenvalue weighted by atomic mass is 10.2. The van der Waals surface area contributed by atoms with Crippen LogP contribution >= 0.6 is 0 Å². The van der Waals surface area contributed by atoms with Crippen LogP contribution in [-0.2, 0) is 0 Å². The van der Waals surface area contributed by atoms with Crippen molar-refractivity contribution in [3.05, 3.63) is 35.4 Å². The molecule has 2 aromatic rings. The minimum atomic E-state index is -0.590. The van der Waals surface area contributed by atoms with Gasteiger partial charge in [-0.25, -0.2) is 9.37 Å². The number of carbonyl (C=O) groups is 1. The van der Waals surface area contributed by atoms with Gasteiger partial charge in [0.25, 0.3) is 5.91 Å². The molecule has 0 aliphatic rings. The van der Waals surface area contributed by atoms with E-state index < -0.39 is 11.7 Å². The number of hydrogen-bond donors (Lipinski definition) is 2. The molecule has 2 aromatic heterocycles. The first-order chi connectivity index (χ1) is 8.60. The van der Waals surface area contributed by atoms with Gasteiger partial charge in [0.1, 0.15) is 11.6 Å². The number of pyridine rings is 1. The average Bonchev–Trinajstić information content (AvgIpc) is 2.74. The second-order valence-electron chi connectivity index (χ2n) is 3.59. The second kappa shape index (κ2) is 4.82. The van der Waals surface area contributed by atoms with Gasteiger partial charge < -0.3 is 9.84 Å². The van der Waals surface area contributed by atoms with E-state index in [-0.39, 0.29) is 17.3 Å². The summed E-state index contributed by atoms with van der Waals surface area (Å²) in [4.78, 5) is 15.7. The zero-order valence-corrected chi connectivity index (χ0v) is 9.82. The highest BCUT2D eigenvalue weighted by atomic mass is 19.1. The monoisotopic (exact) mass is 250 g/mol. The number of amides is 1. The van der Waals surface area contributed by atoms with Crippen LogP contribution in [0.4, 0.5) is 16.1 Å². The third-order valence-corrected chi connectivity index (χ3v) is 2.20. The Hall–Kier alpha value is -2.44. The molecule has 0 bridgehead atoms. The minimum Gasteiger partial charge on any atom is -0.372 e. The van der Waals surface area contributed by atoms with E-state index in [1.807, 2.05) is 0 Å². The number of carbonyl (C=O) groups excluding carboxylic acids is 1. The summed E-state index contributed by atoms with van der Waals surface area (Å²) < 4.78 is 17.9. The number of nitrogens with zero attached hydrogens (tertiary/aromatic N) is 2. The second-order valence-corrected chi connectivity index (χ2v) is 3.59. The largest absolute Gasteiger partial charge is 0.372 e. The third kappa shape index (κ3) is 2.45. The third-order valence-electron chi connectivity index (χ3n) is 2.20. The van der Waals surface area contributed by atoms with Crippen molar-refractivity contribution in [2.24, 2.45) is 0 Å². The molecule has 94 valence electrons. The lowest BCUT2D eigenvalue weighted by Gasteiger charge is -2.06. The van der Waals surface area contributed by atoms with Crippen LogP contribution in [0.1, 0.15) is 16.1 Å². The van der Waals surface area contributed by atoms with E-state index >= 15 is 0 Å². The van der Waals surface area contributed by atoms with Crippen LogP contribution in [-0.4, -0.2) is 23.1 Å². The van der Waals surface area contributed by atoms with Gasteiger partial charge in [-0.2, -0.15) is 0 Å². The number of anilines is 2. The Morgan fingerprint density at radius 3 is 2.83 bits per heavy atom. The first-order valence-corrected chi connectivity index (χ1v) is 5.18. The molecule has 7 heteroatoms. The van der Waals surface area contributed by atoms with E-state index in [1.54, 1.807) is 20.0 Å². The van der Waals surface area contributed by atoms with E-state index in [9.17, 15) is 9.18 Å². The van der Waals surface area contributed by atoms with Crippen molar-refractivity contribution in [3.8, 4) is 0 Å². The van der Waals surface area contributed by atoms with Gasteiger partial charge in [0.05, 0.1) is 17.5 Å². The van der Waals surface area contributed by atoms with Crippen molar-refractivity contribution in [2.45, 2.75) is 6.92 Å². The zero-order chi connectivity index (χ0) is 13.1. The maximum Gasteiger partial charge on any atom is 0.261 e. The van der Waals surface area contributed by atoms with Crippen LogP contribution in [0, 0.1) is 12.7 Å². The van der Waals surface area contributed by atoms with Crippen molar-refractivity contribution >= 4 is 17.6 Å². The summed E-state index contributed by atoms with van der Waals surface area (Å²) in [6.07, 6.45) is 1.03. The van der Waals surface area contributed by atoms with Gasteiger partial charge in [-0.05, 0) is 13.0 Å². The standard InChI is InChI=1S/C11H11FN4O2/c1-6-3-9(18-16-6)15-11(17)8-4-7(12)5-14-10(8)13-2/h3-5H,1-2H3,(H,13,14)(H,15,17). The SMILES string of the molecule is CNc1ncc(F)cc1C(=O)Nc1cc(C)no1. The molecule has 0 aliphatic heterocycles. The Kier molecular flexibility index (Phi) is 3.22. The fraction of sp³-hybridized carbons (Fsp3) is 0.182. The number of aryl methyl sites for hydroxylation is 1. The average molecular weight is 250 g/mol. The Morgan fingerprint density at radius 1 is 1.44 bits per heavy atom. The Balaban J connectivity index is 2.25. The molecule has 0 saturated heterocycles. The summed E-state index contributed by atoms with van der Waals surface area (Å²) in [5.41, 5.74) is 0.725. The molecule has 0 atom stereocenters. The molecule has 0 radical (unpaired) electrons. The molecular weight excluding hydrogens is 239 g/mol. The highest BCUT2D eigenvalue weighted by molar-refractivity contribution is 6.06. The molecule has 0 saturated carbocycles. The summed E-state index contributed by atoms with van der Waals surface area (Å²) in [5, 5.41) is 8.80. The maximum atomic E-state index is 13.1. The molecule has 6 nitrogen and oxygen atoms in total. The molecular formula is C11H11FN4O2. The van der Waals surface area contributed by atoms with Crippen molar-refractivity contribution < 1.29 is 13.7 Å². The van der Waals surface area contributed by atoms with Crippen LogP contribution in [0.2, 0.25) is 0 Å². The summed E-state index contributed by atoms with van der Waals surface area (Å²) in [5.74, 6) is -0.635. The number of nitrogens with one attached hydrogen (secondary N) is 2. The van der Waals surface area contributed by atoms with Crippen LogP contribution in [0.5, 0.6) is 0 Å². The Morgan fingerprint density at radius 2 is 2.22 bits per heavy atom. The van der Waals surface area contributed by atoms with Crippen molar-refractivity contribution in [1.29, 1.82) is 0 Å². The topological polar surface area (TPSA) is 80.0 Å². The predicted molar refractivity (Wildman–Crippen MR) is 62.9 cm³/mol. The molecule has 2 N–H and O–H groups in total. The Labute approximate surface area is 102 Å². The molecule has 0 spiro atoms. The van der Waals surface area contributed by atoms with Gasteiger partial charge in [0.2, 0.25) is 5.88 Å². The summed E-state index contributed by atoms with van der Waals surface area (Å²) in [6, 6.07) is 2.65.